The zero-order chi connectivity index (χ0) is 17.3. The Morgan fingerprint density at radius 2 is 1.96 bits per heavy atom. The summed E-state index contributed by atoms with van der Waals surface area (Å²) in [6.07, 6.45) is 0.791. The van der Waals surface area contributed by atoms with Gasteiger partial charge >= 0.3 is 5.97 Å². The van der Waals surface area contributed by atoms with E-state index in [0.29, 0.717) is 5.02 Å². The van der Waals surface area contributed by atoms with Crippen molar-refractivity contribution in [1.82, 2.24) is 0 Å². The van der Waals surface area contributed by atoms with Crippen LogP contribution >= 0.6 is 23.2 Å². The number of amides is 1. The van der Waals surface area contributed by atoms with E-state index in [-0.39, 0.29) is 29.1 Å². The number of halogens is 2. The third-order valence-corrected chi connectivity index (χ3v) is 4.50. The second-order valence-corrected chi connectivity index (χ2v) is 6.49. The predicted octanol–water partition coefficient (Wildman–Crippen LogP) is 4.13. The van der Waals surface area contributed by atoms with Crippen LogP contribution in [0.15, 0.2) is 42.5 Å². The molecule has 0 aromatic heterocycles. The summed E-state index contributed by atoms with van der Waals surface area (Å²) in [5.74, 6) is -0.906. The number of nitrogens with zero attached hydrogens (tertiary/aromatic N) is 1. The fourth-order valence-corrected chi connectivity index (χ4v) is 3.36. The van der Waals surface area contributed by atoms with Gasteiger partial charge in [-0.25, -0.2) is 4.79 Å². The van der Waals surface area contributed by atoms with Crippen LogP contribution in [0.5, 0.6) is 0 Å². The minimum Gasteiger partial charge on any atom is -0.452 e. The van der Waals surface area contributed by atoms with Crippen molar-refractivity contribution in [2.45, 2.75) is 19.4 Å². The van der Waals surface area contributed by atoms with Gasteiger partial charge in [0.2, 0.25) is 0 Å². The zero-order valence-corrected chi connectivity index (χ0v) is 14.5. The highest BCUT2D eigenvalue weighted by molar-refractivity contribution is 6.36. The van der Waals surface area contributed by atoms with Gasteiger partial charge in [-0.3, -0.25) is 4.79 Å². The summed E-state index contributed by atoms with van der Waals surface area (Å²) in [5, 5.41) is 0.620. The number of benzene rings is 2. The molecule has 0 aliphatic carbocycles. The van der Waals surface area contributed by atoms with E-state index in [1.165, 1.54) is 12.1 Å². The molecule has 0 fully saturated rings. The molecule has 24 heavy (non-hydrogen) atoms. The van der Waals surface area contributed by atoms with E-state index in [1.807, 2.05) is 31.2 Å². The number of carbonyl (C=O) groups excluding carboxylic acids is 2. The first-order chi connectivity index (χ1) is 11.5. The molecule has 0 saturated carbocycles. The highest BCUT2D eigenvalue weighted by Crippen LogP contribution is 2.31. The summed E-state index contributed by atoms with van der Waals surface area (Å²) < 4.78 is 5.13. The molecular formula is C18H15Cl2NO3. The van der Waals surface area contributed by atoms with Gasteiger partial charge in [-0.1, -0.05) is 41.4 Å². The summed E-state index contributed by atoms with van der Waals surface area (Å²) in [6, 6.07) is 12.2. The van der Waals surface area contributed by atoms with Crippen LogP contribution in [-0.4, -0.2) is 24.5 Å². The minimum atomic E-state index is -0.648. The first-order valence-electron chi connectivity index (χ1n) is 7.49. The summed E-state index contributed by atoms with van der Waals surface area (Å²) >= 11 is 11.8. The Balaban J connectivity index is 1.69. The minimum absolute atomic E-state index is 0.0349. The van der Waals surface area contributed by atoms with Crippen LogP contribution in [0.2, 0.25) is 10.0 Å². The summed E-state index contributed by atoms with van der Waals surface area (Å²) in [4.78, 5) is 26.3. The van der Waals surface area contributed by atoms with Gasteiger partial charge in [0.05, 0.1) is 10.6 Å². The Labute approximate surface area is 149 Å². The van der Waals surface area contributed by atoms with Crippen LogP contribution in [0, 0.1) is 0 Å². The maximum absolute atomic E-state index is 12.5. The van der Waals surface area contributed by atoms with Crippen LogP contribution < -0.4 is 4.90 Å². The largest absolute Gasteiger partial charge is 0.452 e. The van der Waals surface area contributed by atoms with Crippen LogP contribution in [0.1, 0.15) is 22.8 Å². The molecule has 1 amide bonds. The van der Waals surface area contributed by atoms with Crippen molar-refractivity contribution >= 4 is 40.8 Å². The fourth-order valence-electron chi connectivity index (χ4n) is 2.88. The normalized spacial score (nSPS) is 16.0. The highest BCUT2D eigenvalue weighted by atomic mass is 35.5. The molecule has 2 aromatic carbocycles. The molecular weight excluding hydrogens is 349 g/mol. The number of hydrogen-bond donors (Lipinski definition) is 0. The number of para-hydroxylation sites is 1. The Hall–Kier alpha value is -2.04. The molecule has 4 nitrogen and oxygen atoms in total. The smallest absolute Gasteiger partial charge is 0.340 e. The van der Waals surface area contributed by atoms with Crippen molar-refractivity contribution < 1.29 is 14.3 Å². The van der Waals surface area contributed by atoms with Crippen LogP contribution in [0.4, 0.5) is 5.69 Å². The van der Waals surface area contributed by atoms with Crippen LogP contribution in [-0.2, 0) is 16.0 Å². The number of anilines is 1. The number of ether oxygens (including phenoxy) is 1. The molecule has 0 saturated heterocycles. The van der Waals surface area contributed by atoms with Gasteiger partial charge < -0.3 is 9.64 Å². The Bertz CT molecular complexity index is 807. The van der Waals surface area contributed by atoms with E-state index in [9.17, 15) is 9.59 Å². The Morgan fingerprint density at radius 3 is 2.71 bits per heavy atom. The maximum Gasteiger partial charge on any atom is 0.340 e. The number of esters is 1. The molecule has 0 N–H and O–H groups in total. The van der Waals surface area contributed by atoms with E-state index in [4.69, 9.17) is 27.9 Å². The molecule has 1 aliphatic rings. The average Bonchev–Trinajstić information content (AvgIpc) is 2.88. The number of hydrogen-bond acceptors (Lipinski definition) is 3. The third kappa shape index (κ3) is 3.25. The summed E-state index contributed by atoms with van der Waals surface area (Å²) in [7, 11) is 0. The van der Waals surface area contributed by atoms with Crippen molar-refractivity contribution in [2.75, 3.05) is 11.5 Å². The standard InChI is InChI=1S/C18H15Cl2NO3/c1-11-8-12-4-2-3-5-16(12)21(11)17(22)10-24-18(23)14-7-6-13(19)9-15(14)20/h2-7,9,11H,8,10H2,1H3. The molecule has 6 heteroatoms. The second kappa shape index (κ2) is 6.83. The second-order valence-electron chi connectivity index (χ2n) is 5.65. The molecule has 2 aromatic rings. The SMILES string of the molecule is CC1Cc2ccccc2N1C(=O)COC(=O)c1ccc(Cl)cc1Cl. The molecule has 0 spiro atoms. The first-order valence-corrected chi connectivity index (χ1v) is 8.25. The van der Waals surface area contributed by atoms with Gasteiger partial charge in [0.1, 0.15) is 0 Å². The topological polar surface area (TPSA) is 46.6 Å². The quantitative estimate of drug-likeness (QED) is 0.770. The van der Waals surface area contributed by atoms with Crippen LogP contribution in [0.3, 0.4) is 0 Å². The van der Waals surface area contributed by atoms with Crippen molar-refractivity contribution in [3.63, 3.8) is 0 Å². The van der Waals surface area contributed by atoms with Gasteiger partial charge in [0.25, 0.3) is 5.91 Å². The molecule has 1 atom stereocenters. The van der Waals surface area contributed by atoms with Gasteiger partial charge in [0.15, 0.2) is 6.61 Å². The number of rotatable bonds is 3. The molecule has 1 unspecified atom stereocenters. The summed E-state index contributed by atoms with van der Waals surface area (Å²) in [6.45, 7) is 1.63. The van der Waals surface area contributed by atoms with Crippen molar-refractivity contribution in [3.8, 4) is 0 Å². The fraction of sp³-hybridized carbons (Fsp3) is 0.222. The van der Waals surface area contributed by atoms with Gasteiger partial charge in [-0.05, 0) is 43.2 Å². The van der Waals surface area contributed by atoms with E-state index in [2.05, 4.69) is 0 Å². The molecule has 124 valence electrons. The third-order valence-electron chi connectivity index (χ3n) is 3.95. The van der Waals surface area contributed by atoms with Crippen molar-refractivity contribution in [3.05, 3.63) is 63.6 Å². The lowest BCUT2D eigenvalue weighted by molar-refractivity contribution is -0.122. The lowest BCUT2D eigenvalue weighted by Crippen LogP contribution is -2.38. The van der Waals surface area contributed by atoms with E-state index >= 15 is 0 Å². The lowest BCUT2D eigenvalue weighted by Gasteiger charge is -2.22. The average molecular weight is 364 g/mol. The predicted molar refractivity (Wildman–Crippen MR) is 93.8 cm³/mol. The first kappa shape index (κ1) is 16.8. The van der Waals surface area contributed by atoms with E-state index in [0.717, 1.165) is 17.7 Å². The molecule has 3 rings (SSSR count). The highest BCUT2D eigenvalue weighted by Gasteiger charge is 2.31. The monoisotopic (exact) mass is 363 g/mol. The Morgan fingerprint density at radius 1 is 1.21 bits per heavy atom. The van der Waals surface area contributed by atoms with E-state index < -0.39 is 5.97 Å². The van der Waals surface area contributed by atoms with Gasteiger partial charge in [-0.15, -0.1) is 0 Å². The molecule has 1 heterocycles. The number of carbonyl (C=O) groups is 2. The van der Waals surface area contributed by atoms with Crippen molar-refractivity contribution in [1.29, 1.82) is 0 Å². The summed E-state index contributed by atoms with van der Waals surface area (Å²) in [5.41, 5.74) is 2.17. The molecule has 0 radical (unpaired) electrons. The number of fused-ring (bicyclic) bond motifs is 1. The lowest BCUT2D eigenvalue weighted by atomic mass is 10.1. The maximum atomic E-state index is 12.5. The van der Waals surface area contributed by atoms with Gasteiger partial charge in [0, 0.05) is 16.8 Å². The Kier molecular flexibility index (Phi) is 4.78. The van der Waals surface area contributed by atoms with Crippen LogP contribution in [0.25, 0.3) is 0 Å². The van der Waals surface area contributed by atoms with Crippen molar-refractivity contribution in [2.24, 2.45) is 0 Å². The van der Waals surface area contributed by atoms with E-state index in [1.54, 1.807) is 11.0 Å². The zero-order valence-electron chi connectivity index (χ0n) is 13.0. The molecule has 0 bridgehead atoms. The van der Waals surface area contributed by atoms with Gasteiger partial charge in [-0.2, -0.15) is 0 Å². The molecule has 1 aliphatic heterocycles.